The first-order valence-electron chi connectivity index (χ1n) is 5.62. The minimum absolute atomic E-state index is 0.0164. The molecule has 0 radical (unpaired) electrons. The number of nitrogens with one attached hydrogen (secondary N) is 2. The highest BCUT2D eigenvalue weighted by Crippen LogP contribution is 2.17. The van der Waals surface area contributed by atoms with Crippen molar-refractivity contribution in [2.75, 3.05) is 16.8 Å². The predicted octanol–water partition coefficient (Wildman–Crippen LogP) is 2.25. The molecule has 4 N–H and O–H groups in total. The lowest BCUT2D eigenvalue weighted by Gasteiger charge is -2.06. The van der Waals surface area contributed by atoms with Crippen molar-refractivity contribution < 1.29 is 9.18 Å². The summed E-state index contributed by atoms with van der Waals surface area (Å²) in [6.07, 6.45) is 3.72. The molecule has 0 bridgehead atoms. The second-order valence-electron chi connectivity index (χ2n) is 3.78. The number of benzene rings is 1. The average molecular weight is 280 g/mol. The number of imidazole rings is 1. The zero-order valence-corrected chi connectivity index (χ0v) is 10.8. The molecule has 0 aliphatic carbocycles. The molecule has 1 aromatic heterocycles. The van der Waals surface area contributed by atoms with Crippen molar-refractivity contribution in [1.82, 2.24) is 9.97 Å². The van der Waals surface area contributed by atoms with Crippen LogP contribution in [0.2, 0.25) is 0 Å². The summed E-state index contributed by atoms with van der Waals surface area (Å²) >= 11 is 1.46. The van der Waals surface area contributed by atoms with Crippen LogP contribution in [0.1, 0.15) is 6.42 Å². The number of rotatable bonds is 5. The fourth-order valence-corrected chi connectivity index (χ4v) is 2.18. The minimum Gasteiger partial charge on any atom is -0.396 e. The van der Waals surface area contributed by atoms with Crippen LogP contribution in [0.3, 0.4) is 0 Å². The van der Waals surface area contributed by atoms with Gasteiger partial charge in [0.25, 0.3) is 0 Å². The van der Waals surface area contributed by atoms with Crippen molar-refractivity contribution in [2.45, 2.75) is 11.6 Å². The number of carbonyl (C=O) groups is 1. The molecule has 0 aliphatic heterocycles. The predicted molar refractivity (Wildman–Crippen MR) is 73.4 cm³/mol. The van der Waals surface area contributed by atoms with E-state index in [0.29, 0.717) is 17.9 Å². The number of nitrogen functional groups attached to an aromatic ring is 1. The second-order valence-corrected chi connectivity index (χ2v) is 4.86. The molecule has 0 saturated carbocycles. The van der Waals surface area contributed by atoms with Gasteiger partial charge in [0.05, 0.1) is 5.69 Å². The fraction of sp³-hybridized carbons (Fsp3) is 0.167. The van der Waals surface area contributed by atoms with Gasteiger partial charge in [-0.05, 0) is 18.2 Å². The lowest BCUT2D eigenvalue weighted by atomic mass is 10.2. The van der Waals surface area contributed by atoms with E-state index in [9.17, 15) is 9.18 Å². The molecule has 1 aromatic carbocycles. The number of hydrogen-bond acceptors (Lipinski definition) is 4. The molecular weight excluding hydrogens is 267 g/mol. The van der Waals surface area contributed by atoms with Gasteiger partial charge in [-0.2, -0.15) is 0 Å². The molecule has 0 saturated heterocycles. The Bertz CT molecular complexity index is 559. The van der Waals surface area contributed by atoms with Crippen LogP contribution in [0.5, 0.6) is 0 Å². The number of aromatic amines is 1. The van der Waals surface area contributed by atoms with Gasteiger partial charge < -0.3 is 16.0 Å². The first-order chi connectivity index (χ1) is 9.15. The Morgan fingerprint density at radius 3 is 3.05 bits per heavy atom. The Hall–Kier alpha value is -2.02. The van der Waals surface area contributed by atoms with E-state index in [1.807, 2.05) is 0 Å². The van der Waals surface area contributed by atoms with Gasteiger partial charge >= 0.3 is 0 Å². The van der Waals surface area contributed by atoms with Crippen molar-refractivity contribution in [3.63, 3.8) is 0 Å². The van der Waals surface area contributed by atoms with Gasteiger partial charge in [-0.1, -0.05) is 11.8 Å². The summed E-state index contributed by atoms with van der Waals surface area (Å²) in [6, 6.07) is 4.10. The highest BCUT2D eigenvalue weighted by atomic mass is 32.2. The summed E-state index contributed by atoms with van der Waals surface area (Å²) in [5.74, 6) is -0.0350. The molecule has 0 spiro atoms. The quantitative estimate of drug-likeness (QED) is 0.579. The van der Waals surface area contributed by atoms with E-state index >= 15 is 0 Å². The zero-order valence-electron chi connectivity index (χ0n) is 10.0. The van der Waals surface area contributed by atoms with Crippen LogP contribution < -0.4 is 11.1 Å². The van der Waals surface area contributed by atoms with Gasteiger partial charge in [0.2, 0.25) is 5.91 Å². The standard InChI is InChI=1S/C12H13FN4OS/c13-9-2-1-8(7-10(9)14)17-11(18)3-6-19-12-15-4-5-16-12/h1-2,4-5,7H,3,6,14H2,(H,15,16)(H,17,18). The van der Waals surface area contributed by atoms with Crippen LogP contribution in [-0.4, -0.2) is 21.6 Å². The van der Waals surface area contributed by atoms with Crippen LogP contribution in [0.4, 0.5) is 15.8 Å². The summed E-state index contributed by atoms with van der Waals surface area (Å²) in [4.78, 5) is 18.6. The number of amides is 1. The van der Waals surface area contributed by atoms with Gasteiger partial charge in [0, 0.05) is 30.3 Å². The average Bonchev–Trinajstić information content (AvgIpc) is 2.87. The van der Waals surface area contributed by atoms with E-state index < -0.39 is 5.82 Å². The largest absolute Gasteiger partial charge is 0.396 e. The van der Waals surface area contributed by atoms with E-state index in [4.69, 9.17) is 5.73 Å². The smallest absolute Gasteiger partial charge is 0.225 e. The summed E-state index contributed by atoms with van der Waals surface area (Å²) < 4.78 is 12.9. The SMILES string of the molecule is Nc1cc(NC(=O)CCSc2ncc[nH]2)ccc1F. The first-order valence-corrected chi connectivity index (χ1v) is 6.61. The number of aromatic nitrogens is 2. The van der Waals surface area contributed by atoms with Crippen LogP contribution in [0, 0.1) is 5.82 Å². The monoisotopic (exact) mass is 280 g/mol. The van der Waals surface area contributed by atoms with Crippen LogP contribution in [0.15, 0.2) is 35.7 Å². The molecule has 5 nitrogen and oxygen atoms in total. The Kier molecular flexibility index (Phi) is 4.40. The van der Waals surface area contributed by atoms with Crippen molar-refractivity contribution in [3.05, 3.63) is 36.4 Å². The Balaban J connectivity index is 1.79. The lowest BCUT2D eigenvalue weighted by molar-refractivity contribution is -0.115. The van der Waals surface area contributed by atoms with Crippen LogP contribution in [-0.2, 0) is 4.79 Å². The molecule has 2 rings (SSSR count). The first kappa shape index (κ1) is 13.4. The Morgan fingerprint density at radius 2 is 2.37 bits per heavy atom. The third-order valence-corrected chi connectivity index (χ3v) is 3.23. The zero-order chi connectivity index (χ0) is 13.7. The summed E-state index contributed by atoms with van der Waals surface area (Å²) in [5.41, 5.74) is 5.93. The number of hydrogen-bond donors (Lipinski definition) is 3. The maximum absolute atomic E-state index is 12.9. The molecular formula is C12H13FN4OS. The van der Waals surface area contributed by atoms with E-state index in [1.54, 1.807) is 12.4 Å². The molecule has 1 amide bonds. The van der Waals surface area contributed by atoms with Gasteiger partial charge in [-0.25, -0.2) is 9.37 Å². The van der Waals surface area contributed by atoms with Crippen LogP contribution in [0.25, 0.3) is 0 Å². The van der Waals surface area contributed by atoms with E-state index in [0.717, 1.165) is 5.16 Å². The van der Waals surface area contributed by atoms with E-state index in [-0.39, 0.29) is 11.6 Å². The van der Waals surface area contributed by atoms with Crippen molar-refractivity contribution in [3.8, 4) is 0 Å². The number of carbonyl (C=O) groups excluding carboxylic acids is 1. The molecule has 0 aliphatic rings. The molecule has 7 heteroatoms. The van der Waals surface area contributed by atoms with E-state index in [1.165, 1.54) is 30.0 Å². The summed E-state index contributed by atoms with van der Waals surface area (Å²) in [7, 11) is 0. The Labute approximate surface area is 113 Å². The molecule has 2 aromatic rings. The maximum Gasteiger partial charge on any atom is 0.225 e. The number of anilines is 2. The Morgan fingerprint density at radius 1 is 1.53 bits per heavy atom. The molecule has 0 fully saturated rings. The molecule has 100 valence electrons. The normalized spacial score (nSPS) is 10.4. The number of thioether (sulfide) groups is 1. The van der Waals surface area contributed by atoms with Crippen molar-refractivity contribution >= 4 is 29.0 Å². The maximum atomic E-state index is 12.9. The van der Waals surface area contributed by atoms with Crippen molar-refractivity contribution in [1.29, 1.82) is 0 Å². The molecule has 1 heterocycles. The van der Waals surface area contributed by atoms with Crippen molar-refractivity contribution in [2.24, 2.45) is 0 Å². The number of H-pyrrole nitrogens is 1. The fourth-order valence-electron chi connectivity index (χ4n) is 1.42. The van der Waals surface area contributed by atoms with Crippen LogP contribution >= 0.6 is 11.8 Å². The lowest BCUT2D eigenvalue weighted by Crippen LogP contribution is -2.12. The number of nitrogens with two attached hydrogens (primary N) is 1. The molecule has 0 unspecified atom stereocenters. The number of nitrogens with zero attached hydrogens (tertiary/aromatic N) is 1. The molecule has 19 heavy (non-hydrogen) atoms. The highest BCUT2D eigenvalue weighted by molar-refractivity contribution is 7.99. The highest BCUT2D eigenvalue weighted by Gasteiger charge is 2.05. The summed E-state index contributed by atoms with van der Waals surface area (Å²) in [6.45, 7) is 0. The third-order valence-electron chi connectivity index (χ3n) is 2.32. The topological polar surface area (TPSA) is 83.8 Å². The third kappa shape index (κ3) is 3.99. The second kappa shape index (κ2) is 6.24. The molecule has 0 atom stereocenters. The summed E-state index contributed by atoms with van der Waals surface area (Å²) in [5, 5.41) is 3.44. The van der Waals surface area contributed by atoms with Gasteiger partial charge in [0.15, 0.2) is 5.16 Å². The number of halogens is 1. The minimum atomic E-state index is -0.494. The van der Waals surface area contributed by atoms with E-state index in [2.05, 4.69) is 15.3 Å². The van der Waals surface area contributed by atoms with Gasteiger partial charge in [0.1, 0.15) is 5.82 Å². The van der Waals surface area contributed by atoms with Gasteiger partial charge in [-0.15, -0.1) is 0 Å². The van der Waals surface area contributed by atoms with Gasteiger partial charge in [-0.3, -0.25) is 4.79 Å².